The average Bonchev–Trinajstić information content (AvgIpc) is 2.35. The Morgan fingerprint density at radius 1 is 0.941 bits per heavy atom. The molecule has 1 heterocycles. The Morgan fingerprint density at radius 2 is 1.59 bits per heavy atom. The summed E-state index contributed by atoms with van der Waals surface area (Å²) in [6.07, 6.45) is 0. The third-order valence-electron chi connectivity index (χ3n) is 2.14. The van der Waals surface area contributed by atoms with Crippen molar-refractivity contribution in [1.29, 1.82) is 0 Å². The number of nitrogens with zero attached hydrogens (tertiary/aromatic N) is 2. The normalized spacial score (nSPS) is 10.3. The van der Waals surface area contributed by atoms with Gasteiger partial charge >= 0.3 is 0 Å². The van der Waals surface area contributed by atoms with Crippen LogP contribution in [0.5, 0.6) is 0 Å². The Morgan fingerprint density at radius 3 is 2.29 bits per heavy atom. The quantitative estimate of drug-likeness (QED) is 0.926. The van der Waals surface area contributed by atoms with Crippen LogP contribution in [-0.4, -0.2) is 10.2 Å². The van der Waals surface area contributed by atoms with E-state index in [4.69, 9.17) is 34.8 Å². The van der Waals surface area contributed by atoms with Crippen molar-refractivity contribution in [2.75, 3.05) is 5.32 Å². The fourth-order valence-electron chi connectivity index (χ4n) is 1.31. The van der Waals surface area contributed by atoms with Crippen molar-refractivity contribution >= 4 is 40.5 Å². The third-order valence-corrected chi connectivity index (χ3v) is 3.14. The first-order chi connectivity index (χ1) is 8.18. The summed E-state index contributed by atoms with van der Waals surface area (Å²) < 4.78 is 0. The number of benzene rings is 1. The monoisotopic (exact) mass is 287 g/mol. The Balaban J connectivity index is 2.17. The molecule has 17 heavy (non-hydrogen) atoms. The van der Waals surface area contributed by atoms with Crippen LogP contribution in [0.15, 0.2) is 30.3 Å². The van der Waals surface area contributed by atoms with Crippen LogP contribution in [0.4, 0.5) is 5.69 Å². The molecule has 88 valence electrons. The maximum absolute atomic E-state index is 5.98. The lowest BCUT2D eigenvalue weighted by Gasteiger charge is -2.09. The summed E-state index contributed by atoms with van der Waals surface area (Å²) in [5.74, 6) is 0. The zero-order valence-electron chi connectivity index (χ0n) is 8.62. The molecule has 0 aliphatic heterocycles. The van der Waals surface area contributed by atoms with E-state index in [2.05, 4.69) is 15.5 Å². The first-order valence-corrected chi connectivity index (χ1v) is 5.97. The summed E-state index contributed by atoms with van der Waals surface area (Å²) in [5, 5.41) is 11.0. The van der Waals surface area contributed by atoms with Gasteiger partial charge in [-0.2, -0.15) is 0 Å². The van der Waals surface area contributed by atoms with E-state index in [1.807, 2.05) is 30.3 Å². The summed E-state index contributed by atoms with van der Waals surface area (Å²) in [6, 6.07) is 9.85. The molecule has 6 heteroatoms. The van der Waals surface area contributed by atoms with Crippen LogP contribution < -0.4 is 5.32 Å². The molecule has 0 saturated carbocycles. The minimum atomic E-state index is 0.131. The SMILES string of the molecule is Clc1nnc(Cl)c(NCc2ccccc2)c1Cl. The van der Waals surface area contributed by atoms with E-state index in [0.29, 0.717) is 12.2 Å². The third kappa shape index (κ3) is 3.00. The summed E-state index contributed by atoms with van der Waals surface area (Å²) in [7, 11) is 0. The molecule has 0 fully saturated rings. The van der Waals surface area contributed by atoms with Gasteiger partial charge in [-0.25, -0.2) is 0 Å². The van der Waals surface area contributed by atoms with E-state index in [-0.39, 0.29) is 15.3 Å². The van der Waals surface area contributed by atoms with Crippen molar-refractivity contribution in [3.05, 3.63) is 51.2 Å². The zero-order valence-corrected chi connectivity index (χ0v) is 10.9. The number of halogens is 3. The zero-order chi connectivity index (χ0) is 12.3. The van der Waals surface area contributed by atoms with E-state index < -0.39 is 0 Å². The van der Waals surface area contributed by atoms with Crippen molar-refractivity contribution < 1.29 is 0 Å². The molecular weight excluding hydrogens is 281 g/mol. The number of aromatic nitrogens is 2. The van der Waals surface area contributed by atoms with Gasteiger partial charge in [0.1, 0.15) is 5.02 Å². The standard InChI is InChI=1S/C11H8Cl3N3/c12-8-9(11(14)17-16-10(8)13)15-6-7-4-2-1-3-5-7/h1-5H,6H2,(H,15,16). The molecular formula is C11H8Cl3N3. The van der Waals surface area contributed by atoms with Gasteiger partial charge in [-0.15, -0.1) is 10.2 Å². The molecule has 0 atom stereocenters. The molecule has 1 aromatic carbocycles. The van der Waals surface area contributed by atoms with Gasteiger partial charge in [-0.05, 0) is 5.56 Å². The number of rotatable bonds is 3. The number of anilines is 1. The molecule has 0 aliphatic carbocycles. The Labute approximate surface area is 114 Å². The molecule has 0 bridgehead atoms. The van der Waals surface area contributed by atoms with Gasteiger partial charge in [0.05, 0.1) is 5.69 Å². The molecule has 0 aliphatic rings. The minimum Gasteiger partial charge on any atom is -0.377 e. The lowest BCUT2D eigenvalue weighted by atomic mass is 10.2. The molecule has 0 amide bonds. The van der Waals surface area contributed by atoms with Crippen LogP contribution in [0.1, 0.15) is 5.56 Å². The van der Waals surface area contributed by atoms with Gasteiger partial charge in [-0.1, -0.05) is 65.1 Å². The molecule has 3 nitrogen and oxygen atoms in total. The van der Waals surface area contributed by atoms with E-state index >= 15 is 0 Å². The smallest absolute Gasteiger partial charge is 0.176 e. The van der Waals surface area contributed by atoms with Gasteiger partial charge in [0, 0.05) is 6.54 Å². The first-order valence-electron chi connectivity index (χ1n) is 4.83. The Bertz CT molecular complexity index is 517. The van der Waals surface area contributed by atoms with E-state index in [1.165, 1.54) is 0 Å². The largest absolute Gasteiger partial charge is 0.377 e. The minimum absolute atomic E-state index is 0.131. The van der Waals surface area contributed by atoms with Gasteiger partial charge in [0.15, 0.2) is 10.3 Å². The second-order valence-electron chi connectivity index (χ2n) is 3.31. The molecule has 1 N–H and O–H groups in total. The van der Waals surface area contributed by atoms with Crippen LogP contribution in [0.2, 0.25) is 15.3 Å². The second kappa shape index (κ2) is 5.54. The summed E-state index contributed by atoms with van der Waals surface area (Å²) >= 11 is 17.6. The highest BCUT2D eigenvalue weighted by Gasteiger charge is 2.11. The van der Waals surface area contributed by atoms with Crippen molar-refractivity contribution in [2.24, 2.45) is 0 Å². The maximum Gasteiger partial charge on any atom is 0.176 e. The van der Waals surface area contributed by atoms with Gasteiger partial charge in [0.25, 0.3) is 0 Å². The van der Waals surface area contributed by atoms with Crippen LogP contribution in [0.25, 0.3) is 0 Å². The molecule has 0 radical (unpaired) electrons. The van der Waals surface area contributed by atoms with Crippen LogP contribution in [0, 0.1) is 0 Å². The van der Waals surface area contributed by atoms with Gasteiger partial charge < -0.3 is 5.32 Å². The Hall–Kier alpha value is -1.03. The topological polar surface area (TPSA) is 37.8 Å². The molecule has 2 rings (SSSR count). The van der Waals surface area contributed by atoms with Crippen molar-refractivity contribution in [1.82, 2.24) is 10.2 Å². The van der Waals surface area contributed by atoms with Gasteiger partial charge in [-0.3, -0.25) is 0 Å². The van der Waals surface area contributed by atoms with Crippen molar-refractivity contribution in [3.8, 4) is 0 Å². The molecule has 0 spiro atoms. The second-order valence-corrected chi connectivity index (χ2v) is 4.40. The van der Waals surface area contributed by atoms with E-state index in [0.717, 1.165) is 5.56 Å². The van der Waals surface area contributed by atoms with Crippen LogP contribution in [0.3, 0.4) is 0 Å². The fraction of sp³-hybridized carbons (Fsp3) is 0.0909. The van der Waals surface area contributed by atoms with E-state index in [1.54, 1.807) is 0 Å². The molecule has 1 aromatic heterocycles. The Kier molecular flexibility index (Phi) is 4.05. The first kappa shape index (κ1) is 12.4. The number of nitrogens with one attached hydrogen (secondary N) is 1. The average molecular weight is 289 g/mol. The van der Waals surface area contributed by atoms with Crippen LogP contribution >= 0.6 is 34.8 Å². The predicted octanol–water partition coefficient (Wildman–Crippen LogP) is 4.05. The highest BCUT2D eigenvalue weighted by Crippen LogP contribution is 2.32. The van der Waals surface area contributed by atoms with E-state index in [9.17, 15) is 0 Å². The van der Waals surface area contributed by atoms with Crippen molar-refractivity contribution in [2.45, 2.75) is 6.54 Å². The number of hydrogen-bond acceptors (Lipinski definition) is 3. The molecule has 2 aromatic rings. The summed E-state index contributed by atoms with van der Waals surface area (Å²) in [5.41, 5.74) is 1.60. The van der Waals surface area contributed by atoms with Crippen LogP contribution in [-0.2, 0) is 6.54 Å². The lowest BCUT2D eigenvalue weighted by molar-refractivity contribution is 1.02. The fourth-order valence-corrected chi connectivity index (χ4v) is 1.89. The highest BCUT2D eigenvalue weighted by molar-refractivity contribution is 6.44. The molecule has 0 saturated heterocycles. The van der Waals surface area contributed by atoms with Crippen molar-refractivity contribution in [3.63, 3.8) is 0 Å². The summed E-state index contributed by atoms with van der Waals surface area (Å²) in [4.78, 5) is 0. The molecule has 0 unspecified atom stereocenters. The highest BCUT2D eigenvalue weighted by atomic mass is 35.5. The van der Waals surface area contributed by atoms with Gasteiger partial charge in [0.2, 0.25) is 0 Å². The lowest BCUT2D eigenvalue weighted by Crippen LogP contribution is -2.02. The predicted molar refractivity (Wildman–Crippen MR) is 70.8 cm³/mol. The summed E-state index contributed by atoms with van der Waals surface area (Å²) in [6.45, 7) is 0.586. The number of hydrogen-bond donors (Lipinski definition) is 1. The maximum atomic E-state index is 5.98.